The normalized spacial score (nSPS) is 26.1. The molecule has 2 aliphatic rings. The number of benzene rings is 2. The first kappa shape index (κ1) is 25.7. The van der Waals surface area contributed by atoms with E-state index in [1.165, 1.54) is 0 Å². The minimum absolute atomic E-state index is 0.0435. The average Bonchev–Trinajstić information content (AvgIpc) is 2.85. The molecule has 4 atom stereocenters. The Morgan fingerprint density at radius 1 is 0.657 bits per heavy atom. The summed E-state index contributed by atoms with van der Waals surface area (Å²) in [6, 6.07) is 14.3. The highest BCUT2D eigenvalue weighted by Gasteiger charge is 2.61. The van der Waals surface area contributed by atoms with Gasteiger partial charge in [0.1, 0.15) is 0 Å². The molecule has 0 aromatic heterocycles. The van der Waals surface area contributed by atoms with E-state index in [9.17, 15) is 16.8 Å². The predicted molar refractivity (Wildman–Crippen MR) is 145 cm³/mol. The maximum absolute atomic E-state index is 14.9. The minimum atomic E-state index is -4.35. The monoisotopic (exact) mass is 526 g/mol. The zero-order valence-corrected chi connectivity index (χ0v) is 22.8. The third kappa shape index (κ3) is 4.17. The van der Waals surface area contributed by atoms with Crippen molar-refractivity contribution < 1.29 is 16.8 Å². The van der Waals surface area contributed by atoms with E-state index in [1.54, 1.807) is 48.6 Å². The first-order valence-electron chi connectivity index (χ1n) is 11.5. The van der Waals surface area contributed by atoms with Gasteiger partial charge >= 0.3 is 0 Å². The first-order valence-corrected chi connectivity index (χ1v) is 15.3. The van der Waals surface area contributed by atoms with Crippen LogP contribution in [-0.4, -0.2) is 25.0 Å². The minimum Gasteiger partial charge on any atom is -0.252 e. The average molecular weight is 527 g/mol. The van der Waals surface area contributed by atoms with Crippen molar-refractivity contribution >= 4 is 31.4 Å². The molecule has 0 saturated heterocycles. The highest BCUT2D eigenvalue weighted by molar-refractivity contribution is 8.15. The van der Waals surface area contributed by atoms with E-state index < -0.39 is 39.6 Å². The van der Waals surface area contributed by atoms with E-state index in [2.05, 4.69) is 0 Å². The second-order valence-corrected chi connectivity index (χ2v) is 15.6. The standard InChI is InChI=1S/C28H30O4S3/c1-21-13-17-27(18-14-21,33(29)25-11-7-5-9-23(25)3)35(31,32)28(19-15-22(2)16-20-28)34(30)26-12-8-6-10-24(26)4/h5-17,19H,18,20H2,1-4H3. The number of hydrogen-bond acceptors (Lipinski definition) is 4. The second kappa shape index (κ2) is 9.60. The summed E-state index contributed by atoms with van der Waals surface area (Å²) in [5, 5.41) is 0. The first-order chi connectivity index (χ1) is 16.6. The van der Waals surface area contributed by atoms with Crippen LogP contribution in [0.3, 0.4) is 0 Å². The zero-order chi connectivity index (χ0) is 25.4. The maximum atomic E-state index is 14.9. The van der Waals surface area contributed by atoms with Gasteiger partial charge in [-0.05, 0) is 63.1 Å². The van der Waals surface area contributed by atoms with Gasteiger partial charge in [-0.3, -0.25) is 8.42 Å². The Labute approximate surface area is 213 Å². The predicted octanol–water partition coefficient (Wildman–Crippen LogP) is 5.84. The summed E-state index contributed by atoms with van der Waals surface area (Å²) in [4.78, 5) is 0.939. The lowest BCUT2D eigenvalue weighted by Crippen LogP contribution is -2.55. The van der Waals surface area contributed by atoms with Crippen molar-refractivity contribution in [3.05, 3.63) is 107 Å². The van der Waals surface area contributed by atoms with Gasteiger partial charge in [0, 0.05) is 22.6 Å². The van der Waals surface area contributed by atoms with Gasteiger partial charge in [0.2, 0.25) is 0 Å². The van der Waals surface area contributed by atoms with Crippen LogP contribution >= 0.6 is 0 Å². The Hall–Kier alpha value is -2.35. The van der Waals surface area contributed by atoms with E-state index in [0.29, 0.717) is 9.79 Å². The molecule has 2 aromatic rings. The van der Waals surface area contributed by atoms with Crippen LogP contribution in [0.5, 0.6) is 0 Å². The molecule has 2 aliphatic carbocycles. The molecule has 0 N–H and O–H groups in total. The summed E-state index contributed by atoms with van der Waals surface area (Å²) in [6.45, 7) is 7.43. The summed E-state index contributed by atoms with van der Waals surface area (Å²) in [7, 11) is -8.24. The summed E-state index contributed by atoms with van der Waals surface area (Å²) >= 11 is 0. The Kier molecular flexibility index (Phi) is 7.06. The van der Waals surface area contributed by atoms with Crippen molar-refractivity contribution in [1.29, 1.82) is 0 Å². The van der Waals surface area contributed by atoms with Gasteiger partial charge in [0.15, 0.2) is 18.0 Å². The Morgan fingerprint density at radius 3 is 1.34 bits per heavy atom. The number of hydrogen-bond donors (Lipinski definition) is 0. The molecule has 0 aliphatic heterocycles. The Bertz CT molecular complexity index is 1340. The third-order valence-electron chi connectivity index (χ3n) is 6.74. The molecule has 0 bridgehead atoms. The van der Waals surface area contributed by atoms with E-state index in [0.717, 1.165) is 22.3 Å². The van der Waals surface area contributed by atoms with E-state index in [1.807, 2.05) is 64.1 Å². The van der Waals surface area contributed by atoms with Crippen molar-refractivity contribution in [3.8, 4) is 0 Å². The number of sulfone groups is 1. The third-order valence-corrected chi connectivity index (χ3v) is 15.0. The Balaban J connectivity index is 1.99. The van der Waals surface area contributed by atoms with E-state index in [4.69, 9.17) is 0 Å². The molecule has 184 valence electrons. The second-order valence-electron chi connectivity index (χ2n) is 9.17. The molecule has 0 saturated carbocycles. The van der Waals surface area contributed by atoms with Gasteiger partial charge in [0.25, 0.3) is 0 Å². The highest BCUT2D eigenvalue weighted by Crippen LogP contribution is 2.48. The summed E-state index contributed by atoms with van der Waals surface area (Å²) in [5.41, 5.74) is 3.32. The summed E-state index contributed by atoms with van der Waals surface area (Å²) < 4.78 is 54.8. The SMILES string of the molecule is CC1=CCC(S(=O)c2ccccc2C)(S(=O)(=O)C2(S(=O)c3ccccc3C)C=CC(C)=CC2)C=C1. The van der Waals surface area contributed by atoms with Crippen LogP contribution in [0.25, 0.3) is 0 Å². The van der Waals surface area contributed by atoms with Gasteiger partial charge < -0.3 is 0 Å². The van der Waals surface area contributed by atoms with Crippen LogP contribution in [0.4, 0.5) is 0 Å². The van der Waals surface area contributed by atoms with Crippen LogP contribution in [0.15, 0.2) is 106 Å². The van der Waals surface area contributed by atoms with Gasteiger partial charge in [-0.25, -0.2) is 8.42 Å². The molecule has 4 nitrogen and oxygen atoms in total. The molecule has 4 unspecified atom stereocenters. The highest BCUT2D eigenvalue weighted by atomic mass is 32.3. The van der Waals surface area contributed by atoms with Crippen LogP contribution < -0.4 is 0 Å². The van der Waals surface area contributed by atoms with E-state index >= 15 is 0 Å². The molecule has 0 heterocycles. The van der Waals surface area contributed by atoms with Crippen molar-refractivity contribution in [2.75, 3.05) is 0 Å². The Morgan fingerprint density at radius 2 is 1.03 bits per heavy atom. The van der Waals surface area contributed by atoms with E-state index in [-0.39, 0.29) is 12.8 Å². The van der Waals surface area contributed by atoms with Crippen LogP contribution in [0.1, 0.15) is 37.8 Å². The lowest BCUT2D eigenvalue weighted by atomic mass is 10.1. The summed E-state index contributed by atoms with van der Waals surface area (Å²) in [6.07, 6.45) is 10.3. The molecule has 0 fully saturated rings. The van der Waals surface area contributed by atoms with Crippen molar-refractivity contribution in [2.24, 2.45) is 0 Å². The molecule has 0 spiro atoms. The van der Waals surface area contributed by atoms with Gasteiger partial charge in [-0.1, -0.05) is 71.8 Å². The molecule has 7 heteroatoms. The molecule has 2 aromatic carbocycles. The maximum Gasteiger partial charge on any atom is 0.194 e. The molecular formula is C28H30O4S3. The van der Waals surface area contributed by atoms with Crippen molar-refractivity contribution in [2.45, 2.75) is 58.5 Å². The van der Waals surface area contributed by atoms with Crippen molar-refractivity contribution in [1.82, 2.24) is 0 Å². The topological polar surface area (TPSA) is 68.3 Å². The fourth-order valence-corrected chi connectivity index (χ4v) is 12.1. The largest absolute Gasteiger partial charge is 0.252 e. The lowest BCUT2D eigenvalue weighted by Gasteiger charge is -2.40. The number of aryl methyl sites for hydroxylation is 2. The van der Waals surface area contributed by atoms with Gasteiger partial charge in [-0.2, -0.15) is 0 Å². The lowest BCUT2D eigenvalue weighted by molar-refractivity contribution is 0.561. The molecule has 0 radical (unpaired) electrons. The molecule has 0 amide bonds. The van der Waals surface area contributed by atoms with Gasteiger partial charge in [-0.15, -0.1) is 0 Å². The van der Waals surface area contributed by atoms with Gasteiger partial charge in [0.05, 0.1) is 21.6 Å². The fourth-order valence-electron chi connectivity index (χ4n) is 4.46. The molecule has 4 rings (SSSR count). The zero-order valence-electron chi connectivity index (χ0n) is 20.4. The molecular weight excluding hydrogens is 497 g/mol. The number of rotatable bonds is 6. The summed E-state index contributed by atoms with van der Waals surface area (Å²) in [5.74, 6) is 0. The van der Waals surface area contributed by atoms with Crippen LogP contribution in [0, 0.1) is 13.8 Å². The van der Waals surface area contributed by atoms with Crippen LogP contribution in [-0.2, 0) is 31.4 Å². The molecule has 35 heavy (non-hydrogen) atoms. The quantitative estimate of drug-likeness (QED) is 0.474. The number of allylic oxidation sites excluding steroid dienone is 6. The van der Waals surface area contributed by atoms with Crippen LogP contribution in [0.2, 0.25) is 0 Å². The fraction of sp³-hybridized carbons (Fsp3) is 0.286. The smallest absolute Gasteiger partial charge is 0.194 e. The van der Waals surface area contributed by atoms with Crippen molar-refractivity contribution in [3.63, 3.8) is 0 Å².